The zero-order valence-corrected chi connectivity index (χ0v) is 8.32. The molecule has 0 saturated carbocycles. The normalized spacial score (nSPS) is 10.0. The minimum atomic E-state index is -0.456. The third kappa shape index (κ3) is 2.46. The highest BCUT2D eigenvalue weighted by Gasteiger charge is 2.14. The lowest BCUT2D eigenvalue weighted by Gasteiger charge is -1.99. The molecule has 0 unspecified atom stereocenters. The van der Waals surface area contributed by atoms with Crippen LogP contribution in [-0.2, 0) is 6.42 Å². The second-order valence-corrected chi connectivity index (χ2v) is 3.33. The summed E-state index contributed by atoms with van der Waals surface area (Å²) in [6, 6.07) is 1.43. The standard InChI is InChI=1S/C7H8BrN3O2/c8-5-3-7(11(12)13)6(1-2-9)10-4-5/h3-4H,1-2,9H2. The van der Waals surface area contributed by atoms with E-state index in [0.29, 0.717) is 23.1 Å². The molecule has 70 valence electrons. The average Bonchev–Trinajstić information content (AvgIpc) is 2.08. The first-order valence-electron chi connectivity index (χ1n) is 3.64. The van der Waals surface area contributed by atoms with E-state index < -0.39 is 4.92 Å². The van der Waals surface area contributed by atoms with Gasteiger partial charge >= 0.3 is 0 Å². The SMILES string of the molecule is NCCc1ncc(Br)cc1[N+](=O)[O-]. The molecule has 0 amide bonds. The quantitative estimate of drug-likeness (QED) is 0.642. The highest BCUT2D eigenvalue weighted by molar-refractivity contribution is 9.10. The van der Waals surface area contributed by atoms with E-state index in [2.05, 4.69) is 20.9 Å². The minimum Gasteiger partial charge on any atom is -0.330 e. The molecule has 1 heterocycles. The Kier molecular flexibility index (Phi) is 3.32. The topological polar surface area (TPSA) is 82.0 Å². The van der Waals surface area contributed by atoms with Crippen molar-refractivity contribution in [1.82, 2.24) is 4.98 Å². The predicted octanol–water partition coefficient (Wildman–Crippen LogP) is 1.25. The van der Waals surface area contributed by atoms with Crippen molar-refractivity contribution >= 4 is 21.6 Å². The second-order valence-electron chi connectivity index (χ2n) is 2.42. The van der Waals surface area contributed by atoms with Gasteiger partial charge in [-0.05, 0) is 22.5 Å². The fourth-order valence-corrected chi connectivity index (χ4v) is 1.26. The zero-order valence-electron chi connectivity index (χ0n) is 6.74. The van der Waals surface area contributed by atoms with Crippen LogP contribution < -0.4 is 5.73 Å². The van der Waals surface area contributed by atoms with Crippen molar-refractivity contribution in [2.24, 2.45) is 5.73 Å². The van der Waals surface area contributed by atoms with Gasteiger partial charge < -0.3 is 5.73 Å². The molecule has 0 aliphatic rings. The number of aromatic nitrogens is 1. The summed E-state index contributed by atoms with van der Waals surface area (Å²) in [6.45, 7) is 0.357. The lowest BCUT2D eigenvalue weighted by molar-refractivity contribution is -0.386. The van der Waals surface area contributed by atoms with Gasteiger partial charge in [0, 0.05) is 23.2 Å². The number of pyridine rings is 1. The summed E-state index contributed by atoms with van der Waals surface area (Å²) < 4.78 is 0.597. The van der Waals surface area contributed by atoms with Crippen molar-refractivity contribution in [3.63, 3.8) is 0 Å². The maximum Gasteiger partial charge on any atom is 0.291 e. The van der Waals surface area contributed by atoms with Crippen LogP contribution in [0.4, 0.5) is 5.69 Å². The molecule has 0 aliphatic heterocycles. The summed E-state index contributed by atoms with van der Waals surface area (Å²) in [6.07, 6.45) is 1.95. The Balaban J connectivity index is 3.10. The minimum absolute atomic E-state index is 0.0137. The lowest BCUT2D eigenvalue weighted by Crippen LogP contribution is -2.07. The summed E-state index contributed by atoms with van der Waals surface area (Å²) in [5.74, 6) is 0. The summed E-state index contributed by atoms with van der Waals surface area (Å²) in [7, 11) is 0. The van der Waals surface area contributed by atoms with Gasteiger partial charge in [0.2, 0.25) is 0 Å². The highest BCUT2D eigenvalue weighted by atomic mass is 79.9. The Hall–Kier alpha value is -1.01. The first-order chi connectivity index (χ1) is 6.15. The molecule has 13 heavy (non-hydrogen) atoms. The van der Waals surface area contributed by atoms with Crippen LogP contribution in [0.1, 0.15) is 5.69 Å². The molecule has 1 aromatic rings. The van der Waals surface area contributed by atoms with Gasteiger partial charge in [0.1, 0.15) is 5.69 Å². The van der Waals surface area contributed by atoms with Crippen molar-refractivity contribution in [3.8, 4) is 0 Å². The van der Waals surface area contributed by atoms with Gasteiger partial charge in [-0.3, -0.25) is 15.1 Å². The van der Waals surface area contributed by atoms with E-state index in [1.54, 1.807) is 0 Å². The van der Waals surface area contributed by atoms with Gasteiger partial charge in [-0.2, -0.15) is 0 Å². The van der Waals surface area contributed by atoms with E-state index in [1.165, 1.54) is 12.3 Å². The van der Waals surface area contributed by atoms with Crippen molar-refractivity contribution in [3.05, 3.63) is 32.5 Å². The van der Waals surface area contributed by atoms with Crippen molar-refractivity contribution < 1.29 is 4.92 Å². The summed E-state index contributed by atoms with van der Waals surface area (Å²) in [5.41, 5.74) is 5.73. The van der Waals surface area contributed by atoms with Crippen LogP contribution in [0.5, 0.6) is 0 Å². The van der Waals surface area contributed by atoms with E-state index in [9.17, 15) is 10.1 Å². The molecule has 0 bridgehead atoms. The Bertz CT molecular complexity index is 330. The van der Waals surface area contributed by atoms with Gasteiger partial charge in [0.25, 0.3) is 5.69 Å². The Morgan fingerprint density at radius 1 is 1.69 bits per heavy atom. The van der Waals surface area contributed by atoms with E-state index in [0.717, 1.165) is 0 Å². The highest BCUT2D eigenvalue weighted by Crippen LogP contribution is 2.20. The van der Waals surface area contributed by atoms with Crippen LogP contribution in [0, 0.1) is 10.1 Å². The smallest absolute Gasteiger partial charge is 0.291 e. The third-order valence-electron chi connectivity index (χ3n) is 1.49. The molecule has 0 fully saturated rings. The van der Waals surface area contributed by atoms with Crippen LogP contribution in [-0.4, -0.2) is 16.5 Å². The average molecular weight is 246 g/mol. The molecular formula is C7H8BrN3O2. The number of nitrogens with two attached hydrogens (primary N) is 1. The number of nitrogens with zero attached hydrogens (tertiary/aromatic N) is 2. The predicted molar refractivity (Wildman–Crippen MR) is 51.3 cm³/mol. The third-order valence-corrected chi connectivity index (χ3v) is 1.93. The van der Waals surface area contributed by atoms with E-state index in [-0.39, 0.29) is 5.69 Å². The van der Waals surface area contributed by atoms with Crippen molar-refractivity contribution in [1.29, 1.82) is 0 Å². The molecule has 0 radical (unpaired) electrons. The number of nitro groups is 1. The van der Waals surface area contributed by atoms with Crippen LogP contribution in [0.15, 0.2) is 16.7 Å². The number of rotatable bonds is 3. The van der Waals surface area contributed by atoms with E-state index >= 15 is 0 Å². The number of halogens is 1. The molecule has 0 aliphatic carbocycles. The largest absolute Gasteiger partial charge is 0.330 e. The first kappa shape index (κ1) is 10.1. The maximum absolute atomic E-state index is 10.6. The van der Waals surface area contributed by atoms with Crippen LogP contribution in [0.25, 0.3) is 0 Å². The molecule has 0 aromatic carbocycles. The monoisotopic (exact) mass is 245 g/mol. The Labute approximate surface area is 83.2 Å². The number of hydrogen-bond donors (Lipinski definition) is 1. The Morgan fingerprint density at radius 2 is 2.38 bits per heavy atom. The van der Waals surface area contributed by atoms with Crippen LogP contribution in [0.3, 0.4) is 0 Å². The zero-order chi connectivity index (χ0) is 9.84. The summed E-state index contributed by atoms with van der Waals surface area (Å²) in [4.78, 5) is 14.0. The molecule has 1 aromatic heterocycles. The molecule has 0 atom stereocenters. The van der Waals surface area contributed by atoms with Crippen LogP contribution >= 0.6 is 15.9 Å². The second kappa shape index (κ2) is 4.29. The molecule has 6 heteroatoms. The fraction of sp³-hybridized carbons (Fsp3) is 0.286. The molecule has 0 saturated heterocycles. The maximum atomic E-state index is 10.6. The molecule has 0 spiro atoms. The van der Waals surface area contributed by atoms with Crippen LogP contribution in [0.2, 0.25) is 0 Å². The summed E-state index contributed by atoms with van der Waals surface area (Å²) in [5, 5.41) is 10.6. The first-order valence-corrected chi connectivity index (χ1v) is 4.43. The van der Waals surface area contributed by atoms with Gasteiger partial charge in [-0.15, -0.1) is 0 Å². The van der Waals surface area contributed by atoms with Crippen molar-refractivity contribution in [2.45, 2.75) is 6.42 Å². The van der Waals surface area contributed by atoms with Crippen molar-refractivity contribution in [2.75, 3.05) is 6.54 Å². The van der Waals surface area contributed by atoms with Gasteiger partial charge in [-0.1, -0.05) is 0 Å². The Morgan fingerprint density at radius 3 is 2.92 bits per heavy atom. The fourth-order valence-electron chi connectivity index (χ4n) is 0.944. The van der Waals surface area contributed by atoms with E-state index in [4.69, 9.17) is 5.73 Å². The molecule has 1 rings (SSSR count). The number of hydrogen-bond acceptors (Lipinski definition) is 4. The van der Waals surface area contributed by atoms with Gasteiger partial charge in [0.15, 0.2) is 0 Å². The summed E-state index contributed by atoms with van der Waals surface area (Å²) >= 11 is 3.12. The molecule has 5 nitrogen and oxygen atoms in total. The molecular weight excluding hydrogens is 238 g/mol. The lowest BCUT2D eigenvalue weighted by atomic mass is 10.2. The van der Waals surface area contributed by atoms with Gasteiger partial charge in [-0.25, -0.2) is 0 Å². The molecule has 2 N–H and O–H groups in total. The van der Waals surface area contributed by atoms with E-state index in [1.807, 2.05) is 0 Å². The van der Waals surface area contributed by atoms with Gasteiger partial charge in [0.05, 0.1) is 4.92 Å².